The number of rotatable bonds is 4. The van der Waals surface area contributed by atoms with Gasteiger partial charge in [0.25, 0.3) is 5.56 Å². The van der Waals surface area contributed by atoms with Gasteiger partial charge in [-0.2, -0.15) is 5.10 Å². The largest absolute Gasteiger partial charge is 0.454 e. The molecule has 0 fully saturated rings. The Balaban J connectivity index is 1.40. The van der Waals surface area contributed by atoms with Gasteiger partial charge in [-0.25, -0.2) is 4.68 Å². The number of carbonyl (C=O) groups is 1. The minimum absolute atomic E-state index is 0.181. The summed E-state index contributed by atoms with van der Waals surface area (Å²) in [5, 5.41) is 9.19. The van der Waals surface area contributed by atoms with E-state index in [0.717, 1.165) is 21.0 Å². The molecule has 0 bridgehead atoms. The van der Waals surface area contributed by atoms with Crippen LogP contribution in [0, 0.1) is 0 Å². The highest BCUT2D eigenvalue weighted by molar-refractivity contribution is 6.01. The van der Waals surface area contributed by atoms with E-state index in [0.29, 0.717) is 22.9 Å². The first kappa shape index (κ1) is 17.9. The zero-order chi connectivity index (χ0) is 20.5. The van der Waals surface area contributed by atoms with Crippen molar-refractivity contribution in [2.75, 3.05) is 12.1 Å². The molecule has 5 rings (SSSR count). The van der Waals surface area contributed by atoms with E-state index in [4.69, 9.17) is 9.47 Å². The molecule has 148 valence electrons. The van der Waals surface area contributed by atoms with Crippen LogP contribution in [-0.4, -0.2) is 22.5 Å². The van der Waals surface area contributed by atoms with Gasteiger partial charge in [0.05, 0.1) is 5.69 Å². The molecule has 30 heavy (non-hydrogen) atoms. The average molecular weight is 399 g/mol. The predicted molar refractivity (Wildman–Crippen MR) is 113 cm³/mol. The molecule has 0 radical (unpaired) electrons. The molecule has 2 heterocycles. The molecule has 1 aromatic heterocycles. The highest BCUT2D eigenvalue weighted by Crippen LogP contribution is 2.35. The Hall–Kier alpha value is -4.13. The van der Waals surface area contributed by atoms with Gasteiger partial charge in [0, 0.05) is 22.7 Å². The maximum absolute atomic E-state index is 12.6. The van der Waals surface area contributed by atoms with Crippen molar-refractivity contribution in [3.63, 3.8) is 0 Å². The second kappa shape index (κ2) is 7.36. The van der Waals surface area contributed by atoms with Gasteiger partial charge in [0.15, 0.2) is 11.5 Å². The highest BCUT2D eigenvalue weighted by atomic mass is 16.7. The second-order valence-electron chi connectivity index (χ2n) is 6.86. The number of aromatic nitrogens is 2. The van der Waals surface area contributed by atoms with Crippen molar-refractivity contribution in [2.45, 2.75) is 6.54 Å². The minimum atomic E-state index is -0.354. The lowest BCUT2D eigenvalue weighted by atomic mass is 10.1. The van der Waals surface area contributed by atoms with E-state index in [1.807, 2.05) is 48.5 Å². The fourth-order valence-electron chi connectivity index (χ4n) is 3.43. The summed E-state index contributed by atoms with van der Waals surface area (Å²) < 4.78 is 11.9. The number of amides is 1. The van der Waals surface area contributed by atoms with E-state index in [2.05, 4.69) is 10.4 Å². The lowest BCUT2D eigenvalue weighted by Crippen LogP contribution is -2.29. The third-order valence-electron chi connectivity index (χ3n) is 4.89. The quantitative estimate of drug-likeness (QED) is 0.569. The molecular weight excluding hydrogens is 382 g/mol. The lowest BCUT2D eigenvalue weighted by molar-refractivity contribution is -0.117. The summed E-state index contributed by atoms with van der Waals surface area (Å²) >= 11 is 0. The van der Waals surface area contributed by atoms with Crippen LogP contribution in [0.5, 0.6) is 11.5 Å². The van der Waals surface area contributed by atoms with Crippen molar-refractivity contribution in [1.82, 2.24) is 9.78 Å². The summed E-state index contributed by atoms with van der Waals surface area (Å²) in [6, 6.07) is 21.9. The SMILES string of the molecule is O=C(Cn1nc(-c2ccc3c(c2)OCO3)ccc1=O)Nc1cccc2ccccc12. The van der Waals surface area contributed by atoms with Gasteiger partial charge in [-0.3, -0.25) is 9.59 Å². The van der Waals surface area contributed by atoms with E-state index >= 15 is 0 Å². The monoisotopic (exact) mass is 399 g/mol. The highest BCUT2D eigenvalue weighted by Gasteiger charge is 2.15. The molecule has 1 N–H and O–H groups in total. The number of carbonyl (C=O) groups excluding carboxylic acids is 1. The van der Waals surface area contributed by atoms with E-state index in [1.54, 1.807) is 18.2 Å². The van der Waals surface area contributed by atoms with Crippen molar-refractivity contribution >= 4 is 22.4 Å². The summed E-state index contributed by atoms with van der Waals surface area (Å²) in [5.74, 6) is 0.964. The molecule has 0 saturated heterocycles. The van der Waals surface area contributed by atoms with Crippen molar-refractivity contribution < 1.29 is 14.3 Å². The van der Waals surface area contributed by atoms with Crippen LogP contribution < -0.4 is 20.3 Å². The molecule has 0 saturated carbocycles. The summed E-state index contributed by atoms with van der Waals surface area (Å²) in [5.41, 5.74) is 1.67. The number of fused-ring (bicyclic) bond motifs is 2. The van der Waals surface area contributed by atoms with E-state index in [-0.39, 0.29) is 24.8 Å². The van der Waals surface area contributed by atoms with Crippen LogP contribution in [0.3, 0.4) is 0 Å². The molecule has 0 atom stereocenters. The van der Waals surface area contributed by atoms with Crippen LogP contribution in [0.1, 0.15) is 0 Å². The third kappa shape index (κ3) is 3.37. The number of nitrogens with zero attached hydrogens (tertiary/aromatic N) is 2. The smallest absolute Gasteiger partial charge is 0.267 e. The van der Waals surface area contributed by atoms with Crippen molar-refractivity contribution in [1.29, 1.82) is 0 Å². The number of ether oxygens (including phenoxy) is 2. The lowest BCUT2D eigenvalue weighted by Gasteiger charge is -2.10. The molecule has 1 amide bonds. The van der Waals surface area contributed by atoms with Gasteiger partial charge < -0.3 is 14.8 Å². The minimum Gasteiger partial charge on any atom is -0.454 e. The molecule has 3 aromatic carbocycles. The van der Waals surface area contributed by atoms with Crippen molar-refractivity contribution in [3.05, 3.63) is 83.2 Å². The van der Waals surface area contributed by atoms with Crippen LogP contribution in [0.25, 0.3) is 22.0 Å². The molecule has 1 aliphatic rings. The Labute approximate surface area is 171 Å². The second-order valence-corrected chi connectivity index (χ2v) is 6.86. The van der Waals surface area contributed by atoms with Crippen molar-refractivity contribution in [2.24, 2.45) is 0 Å². The number of nitrogens with one attached hydrogen (secondary N) is 1. The number of anilines is 1. The van der Waals surface area contributed by atoms with Gasteiger partial charge in [0.2, 0.25) is 12.7 Å². The van der Waals surface area contributed by atoms with Gasteiger partial charge in [-0.15, -0.1) is 0 Å². The Morgan fingerprint density at radius 2 is 1.80 bits per heavy atom. The molecule has 0 unspecified atom stereocenters. The molecule has 1 aliphatic heterocycles. The first-order chi connectivity index (χ1) is 14.7. The Morgan fingerprint density at radius 1 is 0.967 bits per heavy atom. The van der Waals surface area contributed by atoms with Gasteiger partial charge >= 0.3 is 0 Å². The van der Waals surface area contributed by atoms with Crippen LogP contribution in [0.15, 0.2) is 77.6 Å². The topological polar surface area (TPSA) is 82.5 Å². The fourth-order valence-corrected chi connectivity index (χ4v) is 3.43. The number of benzene rings is 3. The normalized spacial score (nSPS) is 12.1. The molecule has 0 spiro atoms. The number of hydrogen-bond donors (Lipinski definition) is 1. The first-order valence-electron chi connectivity index (χ1n) is 9.43. The first-order valence-corrected chi connectivity index (χ1v) is 9.43. The average Bonchev–Trinajstić information content (AvgIpc) is 3.23. The zero-order valence-electron chi connectivity index (χ0n) is 15.9. The molecule has 4 aromatic rings. The number of hydrogen-bond acceptors (Lipinski definition) is 5. The van der Waals surface area contributed by atoms with Gasteiger partial charge in [-0.1, -0.05) is 36.4 Å². The Bertz CT molecular complexity index is 1320. The molecule has 7 nitrogen and oxygen atoms in total. The zero-order valence-corrected chi connectivity index (χ0v) is 15.9. The molecule has 0 aliphatic carbocycles. The van der Waals surface area contributed by atoms with Crippen LogP contribution >= 0.6 is 0 Å². The maximum Gasteiger partial charge on any atom is 0.267 e. The summed E-state index contributed by atoms with van der Waals surface area (Å²) in [6.07, 6.45) is 0. The van der Waals surface area contributed by atoms with E-state index < -0.39 is 0 Å². The predicted octanol–water partition coefficient (Wildman–Crippen LogP) is 3.43. The summed E-state index contributed by atoms with van der Waals surface area (Å²) in [6.45, 7) is -0.0134. The molecular formula is C23H17N3O4. The third-order valence-corrected chi connectivity index (χ3v) is 4.89. The van der Waals surface area contributed by atoms with Crippen LogP contribution in [-0.2, 0) is 11.3 Å². The fraction of sp³-hybridized carbons (Fsp3) is 0.0870. The standard InChI is InChI=1S/C23H17N3O4/c27-22(24-19-7-3-5-15-4-1-2-6-17(15)19)13-26-23(28)11-9-18(25-26)16-8-10-20-21(12-16)30-14-29-20/h1-12H,13-14H2,(H,24,27). The van der Waals surface area contributed by atoms with Gasteiger partial charge in [0.1, 0.15) is 6.54 Å². The van der Waals surface area contributed by atoms with Crippen LogP contribution in [0.2, 0.25) is 0 Å². The van der Waals surface area contributed by atoms with E-state index in [9.17, 15) is 9.59 Å². The summed E-state index contributed by atoms with van der Waals surface area (Å²) in [7, 11) is 0. The van der Waals surface area contributed by atoms with Gasteiger partial charge in [-0.05, 0) is 35.7 Å². The van der Waals surface area contributed by atoms with E-state index in [1.165, 1.54) is 6.07 Å². The van der Waals surface area contributed by atoms with Crippen LogP contribution in [0.4, 0.5) is 5.69 Å². The summed E-state index contributed by atoms with van der Waals surface area (Å²) in [4.78, 5) is 24.9. The Kier molecular flexibility index (Phi) is 4.40. The Morgan fingerprint density at radius 3 is 2.73 bits per heavy atom. The maximum atomic E-state index is 12.6. The van der Waals surface area contributed by atoms with Crippen molar-refractivity contribution in [3.8, 4) is 22.8 Å². The molecule has 7 heteroatoms.